The van der Waals surface area contributed by atoms with Gasteiger partial charge < -0.3 is 0 Å². The Bertz CT molecular complexity index is 368. The van der Waals surface area contributed by atoms with Gasteiger partial charge in [-0.1, -0.05) is 23.9 Å². The Hall–Kier alpha value is -0.900. The topological polar surface area (TPSA) is 37.1 Å². The van der Waals surface area contributed by atoms with Gasteiger partial charge in [0.05, 0.1) is 0 Å². The first kappa shape index (κ1) is 8.41. The van der Waals surface area contributed by atoms with Crippen LogP contribution in [0.4, 0.5) is 0 Å². The first-order valence-electron chi connectivity index (χ1n) is 4.95. The Morgan fingerprint density at radius 1 is 1.43 bits per heavy atom. The highest BCUT2D eigenvalue weighted by Gasteiger charge is 2.31. The second-order valence-corrected chi connectivity index (χ2v) is 4.77. The van der Waals surface area contributed by atoms with Gasteiger partial charge in [0.1, 0.15) is 16.8 Å². The molecule has 2 aliphatic heterocycles. The number of aliphatic imine (C=N–C) groups is 3. The molecular weight excluding hydrogens is 194 g/mol. The Balaban J connectivity index is 1.79. The highest BCUT2D eigenvalue weighted by atomic mass is 32.2. The largest absolute Gasteiger partial charge is 0.249 e. The molecular formula is C10H11N3S. The van der Waals surface area contributed by atoms with Crippen LogP contribution in [0.25, 0.3) is 0 Å². The van der Waals surface area contributed by atoms with Crippen molar-refractivity contribution in [2.45, 2.75) is 24.6 Å². The highest BCUT2D eigenvalue weighted by molar-refractivity contribution is 8.16. The molecule has 2 heterocycles. The van der Waals surface area contributed by atoms with Crippen LogP contribution in [-0.4, -0.2) is 22.6 Å². The third-order valence-corrected chi connectivity index (χ3v) is 3.89. The molecule has 0 spiro atoms. The van der Waals surface area contributed by atoms with Gasteiger partial charge in [0.15, 0.2) is 5.84 Å². The zero-order valence-corrected chi connectivity index (χ0v) is 8.57. The van der Waals surface area contributed by atoms with Crippen molar-refractivity contribution in [1.82, 2.24) is 0 Å². The summed E-state index contributed by atoms with van der Waals surface area (Å²) in [6.45, 7) is 0. The van der Waals surface area contributed by atoms with E-state index in [2.05, 4.69) is 27.1 Å². The van der Waals surface area contributed by atoms with Crippen molar-refractivity contribution in [3.63, 3.8) is 0 Å². The van der Waals surface area contributed by atoms with Crippen molar-refractivity contribution in [3.8, 4) is 0 Å². The number of amidine groups is 1. The zero-order valence-electron chi connectivity index (χ0n) is 7.76. The molecule has 0 bridgehead atoms. The smallest absolute Gasteiger partial charge is 0.183 e. The lowest BCUT2D eigenvalue weighted by molar-refractivity contribution is 0.531. The van der Waals surface area contributed by atoms with Gasteiger partial charge in [-0.3, -0.25) is 0 Å². The molecule has 4 heteroatoms. The molecule has 0 aromatic heterocycles. The molecule has 0 aromatic rings. The molecule has 0 amide bonds. The third kappa shape index (κ3) is 1.34. The minimum atomic E-state index is 0.331. The molecule has 3 rings (SSSR count). The molecule has 0 radical (unpaired) electrons. The molecule has 2 unspecified atom stereocenters. The van der Waals surface area contributed by atoms with Gasteiger partial charge in [0, 0.05) is 5.92 Å². The Kier molecular flexibility index (Phi) is 2.01. The second-order valence-electron chi connectivity index (χ2n) is 3.66. The number of rotatable bonds is 1. The monoisotopic (exact) mass is 205 g/mol. The molecule has 1 aliphatic carbocycles. The fraction of sp³-hybridized carbons (Fsp3) is 0.500. The molecule has 0 saturated carbocycles. The van der Waals surface area contributed by atoms with Crippen molar-refractivity contribution in [1.29, 1.82) is 0 Å². The number of hydrogen-bond acceptors (Lipinski definition) is 4. The van der Waals surface area contributed by atoms with Gasteiger partial charge in [0.25, 0.3) is 0 Å². The summed E-state index contributed by atoms with van der Waals surface area (Å²) in [6.07, 6.45) is 9.93. The molecule has 3 aliphatic rings. The Labute approximate surface area is 87.1 Å². The first-order valence-corrected chi connectivity index (χ1v) is 5.83. The average Bonchev–Trinajstić information content (AvgIpc) is 2.78. The maximum Gasteiger partial charge on any atom is 0.183 e. The van der Waals surface area contributed by atoms with Gasteiger partial charge in [-0.25, -0.2) is 15.0 Å². The molecule has 0 aromatic carbocycles. The molecule has 14 heavy (non-hydrogen) atoms. The lowest BCUT2D eigenvalue weighted by Gasteiger charge is -2.19. The maximum absolute atomic E-state index is 4.57. The summed E-state index contributed by atoms with van der Waals surface area (Å²) in [5, 5.41) is 1.34. The zero-order chi connectivity index (χ0) is 9.38. The third-order valence-electron chi connectivity index (χ3n) is 2.69. The van der Waals surface area contributed by atoms with E-state index in [0.29, 0.717) is 11.3 Å². The lowest BCUT2D eigenvalue weighted by atomic mass is 9.96. The van der Waals surface area contributed by atoms with E-state index < -0.39 is 0 Å². The van der Waals surface area contributed by atoms with E-state index >= 15 is 0 Å². The number of allylic oxidation sites excluding steroid dienone is 1. The number of hydrogen-bond donors (Lipinski definition) is 0. The number of thioether (sulfide) groups is 1. The van der Waals surface area contributed by atoms with E-state index in [4.69, 9.17) is 0 Å². The first-order chi connectivity index (χ1) is 6.93. The molecule has 2 atom stereocenters. The van der Waals surface area contributed by atoms with Gasteiger partial charge in [-0.2, -0.15) is 0 Å². The van der Waals surface area contributed by atoms with Crippen LogP contribution in [0.5, 0.6) is 0 Å². The van der Waals surface area contributed by atoms with E-state index in [-0.39, 0.29) is 0 Å². The Morgan fingerprint density at radius 2 is 2.43 bits per heavy atom. The second kappa shape index (κ2) is 3.35. The predicted octanol–water partition coefficient (Wildman–Crippen LogP) is 2.25. The molecule has 0 fully saturated rings. The normalized spacial score (nSPS) is 34.3. The highest BCUT2D eigenvalue weighted by Crippen LogP contribution is 2.35. The fourth-order valence-electron chi connectivity index (χ4n) is 1.94. The lowest BCUT2D eigenvalue weighted by Crippen LogP contribution is -2.13. The van der Waals surface area contributed by atoms with E-state index in [0.717, 1.165) is 10.9 Å². The average molecular weight is 205 g/mol. The van der Waals surface area contributed by atoms with Crippen LogP contribution >= 0.6 is 11.8 Å². The number of nitrogens with zero attached hydrogens (tertiary/aromatic N) is 3. The van der Waals surface area contributed by atoms with Crippen LogP contribution in [0.2, 0.25) is 0 Å². The van der Waals surface area contributed by atoms with Crippen molar-refractivity contribution >= 4 is 29.0 Å². The van der Waals surface area contributed by atoms with Crippen LogP contribution in [0.3, 0.4) is 0 Å². The quantitative estimate of drug-likeness (QED) is 0.605. The van der Waals surface area contributed by atoms with Crippen LogP contribution in [0, 0.1) is 5.92 Å². The minimum Gasteiger partial charge on any atom is -0.249 e. The van der Waals surface area contributed by atoms with Crippen molar-refractivity contribution in [2.24, 2.45) is 20.9 Å². The minimum absolute atomic E-state index is 0.331. The summed E-state index contributed by atoms with van der Waals surface area (Å²) in [5.74, 6) is 1.43. The van der Waals surface area contributed by atoms with Crippen LogP contribution in [0.15, 0.2) is 27.1 Å². The van der Waals surface area contributed by atoms with E-state index in [9.17, 15) is 0 Å². The van der Waals surface area contributed by atoms with E-state index in [1.807, 2.05) is 0 Å². The fourth-order valence-corrected chi connectivity index (χ4v) is 3.04. The van der Waals surface area contributed by atoms with Gasteiger partial charge in [-0.05, 0) is 19.3 Å². The van der Waals surface area contributed by atoms with Crippen molar-refractivity contribution < 1.29 is 0 Å². The summed E-state index contributed by atoms with van der Waals surface area (Å²) in [7, 11) is 0. The van der Waals surface area contributed by atoms with Crippen LogP contribution < -0.4 is 0 Å². The van der Waals surface area contributed by atoms with Crippen molar-refractivity contribution in [3.05, 3.63) is 12.2 Å². The van der Waals surface area contributed by atoms with Gasteiger partial charge in [0.2, 0.25) is 0 Å². The SMILES string of the molecule is C1=CC(C2N=C3N=CN=C3S2)CCC1. The molecule has 0 saturated heterocycles. The van der Waals surface area contributed by atoms with Gasteiger partial charge >= 0.3 is 0 Å². The number of fused-ring (bicyclic) bond motifs is 1. The maximum atomic E-state index is 4.57. The predicted molar refractivity (Wildman–Crippen MR) is 61.2 cm³/mol. The Morgan fingerprint density at radius 3 is 3.21 bits per heavy atom. The van der Waals surface area contributed by atoms with Gasteiger partial charge in [-0.15, -0.1) is 0 Å². The summed E-state index contributed by atoms with van der Waals surface area (Å²) in [5.41, 5.74) is 0. The summed E-state index contributed by atoms with van der Waals surface area (Å²) < 4.78 is 0. The van der Waals surface area contributed by atoms with Crippen LogP contribution in [0.1, 0.15) is 19.3 Å². The summed E-state index contributed by atoms with van der Waals surface area (Å²) in [6, 6.07) is 0. The summed E-state index contributed by atoms with van der Waals surface area (Å²) in [4.78, 5) is 12.9. The van der Waals surface area contributed by atoms with Crippen molar-refractivity contribution in [2.75, 3.05) is 0 Å². The van der Waals surface area contributed by atoms with E-state index in [1.54, 1.807) is 18.1 Å². The molecule has 0 N–H and O–H groups in total. The van der Waals surface area contributed by atoms with E-state index in [1.165, 1.54) is 19.3 Å². The standard InChI is InChI=1S/C10H11N3S/c1-2-4-7(5-3-1)9-13-8-10(14-9)12-6-11-8/h2,4,6-7,9H,1,3,5H2. The molecule has 3 nitrogen and oxygen atoms in total. The van der Waals surface area contributed by atoms with Crippen LogP contribution in [-0.2, 0) is 0 Å². The summed E-state index contributed by atoms with van der Waals surface area (Å²) >= 11 is 1.76. The molecule has 72 valence electrons.